The van der Waals surface area contributed by atoms with Crippen molar-refractivity contribution >= 4 is 23.1 Å². The van der Waals surface area contributed by atoms with E-state index in [1.165, 1.54) is 6.07 Å². The number of rotatable bonds is 5. The molecule has 0 atom stereocenters. The number of hydrogen-bond donors (Lipinski definition) is 1. The van der Waals surface area contributed by atoms with Gasteiger partial charge in [-0.3, -0.25) is 10.1 Å². The molecule has 0 aliphatic carbocycles. The lowest BCUT2D eigenvalue weighted by molar-refractivity contribution is -0.385. The molecule has 8 heteroatoms. The molecule has 0 unspecified atom stereocenters. The first kappa shape index (κ1) is 14.3. The number of hydrogen-bond acceptors (Lipinski definition) is 5. The predicted octanol–water partition coefficient (Wildman–Crippen LogP) is 2.42. The van der Waals surface area contributed by atoms with E-state index in [9.17, 15) is 10.1 Å². The van der Waals surface area contributed by atoms with Crippen LogP contribution in [0.1, 0.15) is 24.6 Å². The molecule has 0 spiro atoms. The second-order valence-electron chi connectivity index (χ2n) is 4.36. The van der Waals surface area contributed by atoms with Crippen molar-refractivity contribution in [3.63, 3.8) is 0 Å². The summed E-state index contributed by atoms with van der Waals surface area (Å²) in [4.78, 5) is 10.6. The summed E-state index contributed by atoms with van der Waals surface area (Å²) < 4.78 is 1.59. The van der Waals surface area contributed by atoms with E-state index < -0.39 is 4.92 Å². The second kappa shape index (κ2) is 5.87. The molecular weight excluding hydrogens is 282 g/mol. The molecule has 2 N–H and O–H groups in total. The lowest BCUT2D eigenvalue weighted by Crippen LogP contribution is -2.09. The number of nitro groups is 1. The largest absolute Gasteiger partial charge is 0.381 e. The summed E-state index contributed by atoms with van der Waals surface area (Å²) in [5.74, 6) is 0.364. The fourth-order valence-corrected chi connectivity index (χ4v) is 2.14. The SMILES string of the molecule is CCCc1c(N)nnn1Cc1ccc(Cl)cc1[N+](=O)[O-]. The summed E-state index contributed by atoms with van der Waals surface area (Å²) in [6.07, 6.45) is 1.61. The molecule has 106 valence electrons. The van der Waals surface area contributed by atoms with Crippen LogP contribution >= 0.6 is 11.6 Å². The van der Waals surface area contributed by atoms with Crippen LogP contribution in [0.5, 0.6) is 0 Å². The minimum atomic E-state index is -0.457. The van der Waals surface area contributed by atoms with Crippen molar-refractivity contribution < 1.29 is 4.92 Å². The topological polar surface area (TPSA) is 99.9 Å². The lowest BCUT2D eigenvalue weighted by Gasteiger charge is -2.07. The van der Waals surface area contributed by atoms with Gasteiger partial charge < -0.3 is 5.73 Å². The lowest BCUT2D eigenvalue weighted by atomic mass is 10.1. The number of nitrogens with two attached hydrogens (primary N) is 1. The van der Waals surface area contributed by atoms with Crippen LogP contribution in [-0.2, 0) is 13.0 Å². The molecule has 0 fully saturated rings. The fraction of sp³-hybridized carbons (Fsp3) is 0.333. The molecule has 1 aromatic heterocycles. The molecule has 2 aromatic rings. The van der Waals surface area contributed by atoms with E-state index in [1.807, 2.05) is 6.92 Å². The molecule has 0 saturated heterocycles. The van der Waals surface area contributed by atoms with Gasteiger partial charge >= 0.3 is 0 Å². The van der Waals surface area contributed by atoms with Crippen LogP contribution in [0.3, 0.4) is 0 Å². The van der Waals surface area contributed by atoms with Gasteiger partial charge in [-0.2, -0.15) is 0 Å². The van der Waals surface area contributed by atoms with Crippen molar-refractivity contribution in [1.82, 2.24) is 15.0 Å². The number of nitrogen functional groups attached to an aromatic ring is 1. The Morgan fingerprint density at radius 1 is 1.50 bits per heavy atom. The minimum absolute atomic E-state index is 0.0333. The van der Waals surface area contributed by atoms with Crippen molar-refractivity contribution in [1.29, 1.82) is 0 Å². The number of anilines is 1. The summed E-state index contributed by atoms with van der Waals surface area (Å²) in [6, 6.07) is 4.56. The van der Waals surface area contributed by atoms with Crippen LogP contribution in [0.15, 0.2) is 18.2 Å². The normalized spacial score (nSPS) is 10.7. The summed E-state index contributed by atoms with van der Waals surface area (Å²) in [5.41, 5.74) is 7.02. The molecule has 0 amide bonds. The maximum atomic E-state index is 11.1. The number of nitro benzene ring substituents is 1. The molecular formula is C12H14ClN5O2. The van der Waals surface area contributed by atoms with E-state index in [2.05, 4.69) is 10.3 Å². The Hall–Kier alpha value is -2.15. The molecule has 2 rings (SSSR count). The average Bonchev–Trinajstić information content (AvgIpc) is 2.74. The fourth-order valence-electron chi connectivity index (χ4n) is 1.97. The van der Waals surface area contributed by atoms with Gasteiger partial charge in [-0.1, -0.05) is 30.2 Å². The van der Waals surface area contributed by atoms with Gasteiger partial charge in [0.05, 0.1) is 22.7 Å². The summed E-state index contributed by atoms with van der Waals surface area (Å²) in [6.45, 7) is 2.26. The highest BCUT2D eigenvalue weighted by atomic mass is 35.5. The molecule has 0 bridgehead atoms. The van der Waals surface area contributed by atoms with Crippen LogP contribution in [-0.4, -0.2) is 19.9 Å². The highest BCUT2D eigenvalue weighted by molar-refractivity contribution is 6.30. The standard InChI is InChI=1S/C12H14ClN5O2/c1-2-3-10-12(14)15-16-17(10)7-8-4-5-9(13)6-11(8)18(19)20/h4-6H,2-3,7,14H2,1H3. The van der Waals surface area contributed by atoms with Gasteiger partial charge in [-0.15, -0.1) is 5.10 Å². The third-order valence-corrected chi connectivity index (χ3v) is 3.15. The number of aromatic nitrogens is 3. The minimum Gasteiger partial charge on any atom is -0.381 e. The van der Waals surface area contributed by atoms with Gasteiger partial charge in [0.15, 0.2) is 5.82 Å². The molecule has 0 saturated carbocycles. The monoisotopic (exact) mass is 295 g/mol. The smallest absolute Gasteiger partial charge is 0.275 e. The second-order valence-corrected chi connectivity index (χ2v) is 4.80. The number of benzene rings is 1. The van der Waals surface area contributed by atoms with Crippen LogP contribution in [0.25, 0.3) is 0 Å². The Bertz CT molecular complexity index is 641. The predicted molar refractivity (Wildman–Crippen MR) is 75.6 cm³/mol. The van der Waals surface area contributed by atoms with Crippen molar-refractivity contribution in [2.75, 3.05) is 5.73 Å². The summed E-state index contributed by atoms with van der Waals surface area (Å²) >= 11 is 5.79. The van der Waals surface area contributed by atoms with Gasteiger partial charge in [0.2, 0.25) is 0 Å². The van der Waals surface area contributed by atoms with Gasteiger partial charge in [0.1, 0.15) is 0 Å². The molecule has 0 aliphatic rings. The molecule has 20 heavy (non-hydrogen) atoms. The maximum Gasteiger partial charge on any atom is 0.275 e. The van der Waals surface area contributed by atoms with E-state index in [0.29, 0.717) is 16.4 Å². The van der Waals surface area contributed by atoms with E-state index in [1.54, 1.807) is 16.8 Å². The highest BCUT2D eigenvalue weighted by Gasteiger charge is 2.17. The zero-order valence-electron chi connectivity index (χ0n) is 10.9. The van der Waals surface area contributed by atoms with Crippen LogP contribution in [0, 0.1) is 10.1 Å². The summed E-state index contributed by atoms with van der Waals surface area (Å²) in [7, 11) is 0. The van der Waals surface area contributed by atoms with Gasteiger partial charge in [0, 0.05) is 11.1 Å². The third-order valence-electron chi connectivity index (χ3n) is 2.92. The first-order valence-corrected chi connectivity index (χ1v) is 6.51. The van der Waals surface area contributed by atoms with Gasteiger partial charge in [0.25, 0.3) is 5.69 Å². The Morgan fingerprint density at radius 2 is 2.25 bits per heavy atom. The van der Waals surface area contributed by atoms with E-state index in [4.69, 9.17) is 17.3 Å². The van der Waals surface area contributed by atoms with Crippen molar-refractivity contribution in [2.45, 2.75) is 26.3 Å². The van der Waals surface area contributed by atoms with Gasteiger partial charge in [-0.25, -0.2) is 4.68 Å². The van der Waals surface area contributed by atoms with E-state index >= 15 is 0 Å². The first-order chi connectivity index (χ1) is 9.52. The zero-order chi connectivity index (χ0) is 14.7. The van der Waals surface area contributed by atoms with Crippen molar-refractivity contribution in [2.24, 2.45) is 0 Å². The van der Waals surface area contributed by atoms with Crippen LogP contribution in [0.4, 0.5) is 11.5 Å². The van der Waals surface area contributed by atoms with E-state index in [0.717, 1.165) is 18.5 Å². The Kier molecular flexibility index (Phi) is 4.19. The molecule has 0 aliphatic heterocycles. The van der Waals surface area contributed by atoms with Crippen molar-refractivity contribution in [3.8, 4) is 0 Å². The average molecular weight is 296 g/mol. The van der Waals surface area contributed by atoms with E-state index in [-0.39, 0.29) is 12.2 Å². The Morgan fingerprint density at radius 3 is 2.90 bits per heavy atom. The molecule has 1 aromatic carbocycles. The maximum absolute atomic E-state index is 11.1. The Balaban J connectivity index is 2.37. The zero-order valence-corrected chi connectivity index (χ0v) is 11.7. The third kappa shape index (κ3) is 2.88. The highest BCUT2D eigenvalue weighted by Crippen LogP contribution is 2.24. The Labute approximate surface area is 120 Å². The van der Waals surface area contributed by atoms with Crippen molar-refractivity contribution in [3.05, 3.63) is 44.6 Å². The quantitative estimate of drug-likeness (QED) is 0.674. The number of nitrogens with zero attached hydrogens (tertiary/aromatic N) is 4. The first-order valence-electron chi connectivity index (χ1n) is 6.13. The van der Waals surface area contributed by atoms with Crippen LogP contribution < -0.4 is 5.73 Å². The molecule has 1 heterocycles. The summed E-state index contributed by atoms with van der Waals surface area (Å²) in [5, 5.41) is 19.1. The van der Waals surface area contributed by atoms with Crippen LogP contribution in [0.2, 0.25) is 5.02 Å². The number of halogens is 1. The van der Waals surface area contributed by atoms with Gasteiger partial charge in [-0.05, 0) is 18.6 Å². The molecule has 7 nitrogen and oxygen atoms in total. The molecule has 0 radical (unpaired) electrons.